The topological polar surface area (TPSA) is 51.0 Å². The van der Waals surface area contributed by atoms with E-state index in [-0.39, 0.29) is 0 Å². The van der Waals surface area contributed by atoms with Gasteiger partial charge in [-0.1, -0.05) is 24.6 Å². The molecule has 0 amide bonds. The minimum absolute atomic E-state index is 0.611. The van der Waals surface area contributed by atoms with Crippen molar-refractivity contribution in [1.82, 2.24) is 15.5 Å². The molecule has 0 bridgehead atoms. The first kappa shape index (κ1) is 13.7. The Balaban J connectivity index is 1.88. The number of hydrogen-bond acceptors (Lipinski definition) is 4. The normalized spacial score (nSPS) is 10.8. The molecular formula is C15H21N3O. The maximum Gasteiger partial charge on any atom is 0.247 e. The van der Waals surface area contributed by atoms with Crippen molar-refractivity contribution in [2.45, 2.75) is 33.1 Å². The van der Waals surface area contributed by atoms with E-state index in [4.69, 9.17) is 4.42 Å². The predicted octanol–water partition coefficient (Wildman–Crippen LogP) is 2.98. The lowest BCUT2D eigenvalue weighted by Gasteiger charge is -2.00. The number of benzene rings is 1. The van der Waals surface area contributed by atoms with Gasteiger partial charge in [0.05, 0.1) is 0 Å². The van der Waals surface area contributed by atoms with Gasteiger partial charge in [0.1, 0.15) is 0 Å². The van der Waals surface area contributed by atoms with Crippen LogP contribution in [-0.4, -0.2) is 23.3 Å². The van der Waals surface area contributed by atoms with Crippen LogP contribution in [-0.2, 0) is 6.42 Å². The Bertz CT molecular complexity index is 508. The second-order valence-corrected chi connectivity index (χ2v) is 4.72. The maximum atomic E-state index is 5.68. The third kappa shape index (κ3) is 4.17. The number of nitrogens with one attached hydrogen (secondary N) is 1. The van der Waals surface area contributed by atoms with E-state index in [1.807, 2.05) is 12.1 Å². The first-order valence-corrected chi connectivity index (χ1v) is 6.89. The lowest BCUT2D eigenvalue weighted by atomic mass is 10.1. The Kier molecular flexibility index (Phi) is 5.10. The van der Waals surface area contributed by atoms with E-state index >= 15 is 0 Å². The summed E-state index contributed by atoms with van der Waals surface area (Å²) in [6.45, 7) is 6.29. The van der Waals surface area contributed by atoms with Crippen LogP contribution < -0.4 is 5.32 Å². The Morgan fingerprint density at radius 2 is 2.11 bits per heavy atom. The molecule has 0 saturated carbocycles. The van der Waals surface area contributed by atoms with E-state index in [9.17, 15) is 0 Å². The highest BCUT2D eigenvalue weighted by Gasteiger charge is 2.08. The number of aromatic nitrogens is 2. The second kappa shape index (κ2) is 7.04. The van der Waals surface area contributed by atoms with Crippen molar-refractivity contribution in [3.63, 3.8) is 0 Å². The molecule has 0 unspecified atom stereocenters. The summed E-state index contributed by atoms with van der Waals surface area (Å²) < 4.78 is 5.68. The molecule has 0 aliphatic rings. The lowest BCUT2D eigenvalue weighted by Crippen LogP contribution is -2.16. The van der Waals surface area contributed by atoms with Gasteiger partial charge in [0.2, 0.25) is 11.8 Å². The minimum atomic E-state index is 0.611. The standard InChI is InChI=1S/C15H21N3O/c1-3-9-16-10-5-8-14-17-18-15(19-14)13-7-4-6-12(2)11-13/h4,6-7,11,16H,3,5,8-10H2,1-2H3. The van der Waals surface area contributed by atoms with E-state index in [1.54, 1.807) is 0 Å². The van der Waals surface area contributed by atoms with Gasteiger partial charge in [0.15, 0.2) is 0 Å². The molecule has 0 radical (unpaired) electrons. The van der Waals surface area contributed by atoms with E-state index in [0.29, 0.717) is 5.89 Å². The molecule has 4 heteroatoms. The van der Waals surface area contributed by atoms with Gasteiger partial charge in [-0.25, -0.2) is 0 Å². The van der Waals surface area contributed by atoms with Gasteiger partial charge < -0.3 is 9.73 Å². The van der Waals surface area contributed by atoms with Gasteiger partial charge in [-0.05, 0) is 45.0 Å². The van der Waals surface area contributed by atoms with Crippen LogP contribution in [0.1, 0.15) is 31.2 Å². The molecule has 19 heavy (non-hydrogen) atoms. The highest BCUT2D eigenvalue weighted by atomic mass is 16.4. The summed E-state index contributed by atoms with van der Waals surface area (Å²) >= 11 is 0. The summed E-state index contributed by atoms with van der Waals surface area (Å²) in [4.78, 5) is 0. The third-order valence-electron chi connectivity index (χ3n) is 2.90. The fourth-order valence-electron chi connectivity index (χ4n) is 1.92. The Hall–Kier alpha value is -1.68. The molecule has 1 aromatic heterocycles. The molecule has 0 aliphatic heterocycles. The zero-order valence-corrected chi connectivity index (χ0v) is 11.6. The molecule has 1 aromatic carbocycles. The Labute approximate surface area is 114 Å². The average molecular weight is 259 g/mol. The SMILES string of the molecule is CCCNCCCc1nnc(-c2cccc(C)c2)o1. The van der Waals surface area contributed by atoms with Crippen molar-refractivity contribution < 1.29 is 4.42 Å². The molecule has 0 fully saturated rings. The molecular weight excluding hydrogens is 238 g/mol. The molecule has 2 aromatic rings. The van der Waals surface area contributed by atoms with Crippen molar-refractivity contribution in [2.24, 2.45) is 0 Å². The van der Waals surface area contributed by atoms with Crippen molar-refractivity contribution in [2.75, 3.05) is 13.1 Å². The van der Waals surface area contributed by atoms with Crippen molar-refractivity contribution in [3.8, 4) is 11.5 Å². The van der Waals surface area contributed by atoms with Crippen LogP contribution in [0.15, 0.2) is 28.7 Å². The lowest BCUT2D eigenvalue weighted by molar-refractivity contribution is 0.491. The van der Waals surface area contributed by atoms with Crippen LogP contribution in [0.5, 0.6) is 0 Å². The monoisotopic (exact) mass is 259 g/mol. The summed E-state index contributed by atoms with van der Waals surface area (Å²) in [6, 6.07) is 8.11. The van der Waals surface area contributed by atoms with Crippen LogP contribution in [0.3, 0.4) is 0 Å². The fourth-order valence-corrected chi connectivity index (χ4v) is 1.92. The molecule has 1 heterocycles. The van der Waals surface area contributed by atoms with Crippen molar-refractivity contribution in [3.05, 3.63) is 35.7 Å². The largest absolute Gasteiger partial charge is 0.421 e. The van der Waals surface area contributed by atoms with Crippen LogP contribution in [0.2, 0.25) is 0 Å². The zero-order chi connectivity index (χ0) is 13.5. The second-order valence-electron chi connectivity index (χ2n) is 4.72. The van der Waals surface area contributed by atoms with Gasteiger partial charge in [0, 0.05) is 12.0 Å². The molecule has 2 rings (SSSR count). The molecule has 0 aliphatic carbocycles. The van der Waals surface area contributed by atoms with Crippen LogP contribution in [0, 0.1) is 6.92 Å². The van der Waals surface area contributed by atoms with E-state index < -0.39 is 0 Å². The average Bonchev–Trinajstić information content (AvgIpc) is 2.87. The number of nitrogens with zero attached hydrogens (tertiary/aromatic N) is 2. The van der Waals surface area contributed by atoms with Crippen molar-refractivity contribution in [1.29, 1.82) is 0 Å². The van der Waals surface area contributed by atoms with Gasteiger partial charge in [-0.3, -0.25) is 0 Å². The molecule has 0 saturated heterocycles. The van der Waals surface area contributed by atoms with Gasteiger partial charge in [-0.15, -0.1) is 10.2 Å². The van der Waals surface area contributed by atoms with Gasteiger partial charge in [-0.2, -0.15) is 0 Å². The molecule has 0 atom stereocenters. The van der Waals surface area contributed by atoms with Crippen LogP contribution >= 0.6 is 0 Å². The highest BCUT2D eigenvalue weighted by Crippen LogP contribution is 2.19. The summed E-state index contributed by atoms with van der Waals surface area (Å²) in [5, 5.41) is 11.6. The summed E-state index contributed by atoms with van der Waals surface area (Å²) in [6.07, 6.45) is 3.02. The molecule has 102 valence electrons. The number of aryl methyl sites for hydroxylation is 2. The number of hydrogen-bond donors (Lipinski definition) is 1. The van der Waals surface area contributed by atoms with Crippen molar-refractivity contribution >= 4 is 0 Å². The predicted molar refractivity (Wildman–Crippen MR) is 76.0 cm³/mol. The van der Waals surface area contributed by atoms with E-state index in [2.05, 4.69) is 41.5 Å². The smallest absolute Gasteiger partial charge is 0.247 e. The molecule has 4 nitrogen and oxygen atoms in total. The third-order valence-corrected chi connectivity index (χ3v) is 2.90. The van der Waals surface area contributed by atoms with E-state index in [1.165, 1.54) is 5.56 Å². The Morgan fingerprint density at radius 1 is 1.21 bits per heavy atom. The van der Waals surface area contributed by atoms with Gasteiger partial charge in [0.25, 0.3) is 0 Å². The van der Waals surface area contributed by atoms with E-state index in [0.717, 1.165) is 43.8 Å². The van der Waals surface area contributed by atoms with Crippen LogP contribution in [0.25, 0.3) is 11.5 Å². The highest BCUT2D eigenvalue weighted by molar-refractivity contribution is 5.53. The summed E-state index contributed by atoms with van der Waals surface area (Å²) in [7, 11) is 0. The maximum absolute atomic E-state index is 5.68. The quantitative estimate of drug-likeness (QED) is 0.777. The van der Waals surface area contributed by atoms with Gasteiger partial charge >= 0.3 is 0 Å². The summed E-state index contributed by atoms with van der Waals surface area (Å²) in [5.41, 5.74) is 2.18. The summed E-state index contributed by atoms with van der Waals surface area (Å²) in [5.74, 6) is 1.33. The molecule has 1 N–H and O–H groups in total. The first-order valence-electron chi connectivity index (χ1n) is 6.89. The number of rotatable bonds is 7. The zero-order valence-electron chi connectivity index (χ0n) is 11.6. The minimum Gasteiger partial charge on any atom is -0.421 e. The van der Waals surface area contributed by atoms with Crippen LogP contribution in [0.4, 0.5) is 0 Å². The fraction of sp³-hybridized carbons (Fsp3) is 0.467. The molecule has 0 spiro atoms. The first-order chi connectivity index (χ1) is 9.29. The Morgan fingerprint density at radius 3 is 2.89 bits per heavy atom.